The molecule has 0 heterocycles. The van der Waals surface area contributed by atoms with E-state index < -0.39 is 11.9 Å². The summed E-state index contributed by atoms with van der Waals surface area (Å²) in [5.74, 6) is -0.972. The zero-order valence-electron chi connectivity index (χ0n) is 13.7. The zero-order valence-corrected chi connectivity index (χ0v) is 13.7. The summed E-state index contributed by atoms with van der Waals surface area (Å²) in [5, 5.41) is 14.6. The summed E-state index contributed by atoms with van der Waals surface area (Å²) in [5.41, 5.74) is 1.56. The molecule has 0 aromatic heterocycles. The van der Waals surface area contributed by atoms with Gasteiger partial charge in [0.2, 0.25) is 0 Å². The molecule has 2 rings (SSSR count). The highest BCUT2D eigenvalue weighted by Gasteiger charge is 2.10. The number of carbonyl (C=O) groups excluding carboxylic acids is 2. The van der Waals surface area contributed by atoms with Gasteiger partial charge in [0, 0.05) is 17.6 Å². The van der Waals surface area contributed by atoms with Gasteiger partial charge in [-0.2, -0.15) is 5.26 Å². The van der Waals surface area contributed by atoms with Gasteiger partial charge in [-0.05, 0) is 43.3 Å². The number of hydrogen-bond acceptors (Lipinski definition) is 5. The number of benzene rings is 2. The molecule has 1 amide bonds. The summed E-state index contributed by atoms with van der Waals surface area (Å²) < 4.78 is 4.89. The average molecular weight is 335 g/mol. The van der Waals surface area contributed by atoms with Crippen molar-refractivity contribution in [2.45, 2.75) is 6.92 Å². The summed E-state index contributed by atoms with van der Waals surface area (Å²) >= 11 is 0. The van der Waals surface area contributed by atoms with Gasteiger partial charge in [-0.25, -0.2) is 4.79 Å². The van der Waals surface area contributed by atoms with Gasteiger partial charge in [-0.15, -0.1) is 0 Å². The topological polar surface area (TPSA) is 91.2 Å². The highest BCUT2D eigenvalue weighted by molar-refractivity contribution is 6.06. The molecule has 0 bridgehead atoms. The fraction of sp³-hybridized carbons (Fsp3) is 0.105. The monoisotopic (exact) mass is 335 g/mol. The normalized spacial score (nSPS) is 10.5. The van der Waals surface area contributed by atoms with Crippen LogP contribution in [0.15, 0.2) is 66.4 Å². The van der Waals surface area contributed by atoms with Crippen LogP contribution >= 0.6 is 0 Å². The van der Waals surface area contributed by atoms with Crippen molar-refractivity contribution < 1.29 is 14.3 Å². The lowest BCUT2D eigenvalue weighted by molar-refractivity contribution is -0.112. The minimum absolute atomic E-state index is 0.0710. The van der Waals surface area contributed by atoms with Crippen LogP contribution in [0.2, 0.25) is 0 Å². The molecule has 25 heavy (non-hydrogen) atoms. The van der Waals surface area contributed by atoms with E-state index in [2.05, 4.69) is 10.6 Å². The maximum atomic E-state index is 12.2. The van der Waals surface area contributed by atoms with Crippen molar-refractivity contribution in [3.63, 3.8) is 0 Å². The van der Waals surface area contributed by atoms with Crippen molar-refractivity contribution in [2.24, 2.45) is 0 Å². The quantitative estimate of drug-likeness (QED) is 0.480. The van der Waals surface area contributed by atoms with Crippen molar-refractivity contribution in [3.8, 4) is 6.07 Å². The Bertz CT molecular complexity index is 806. The number of carbonyl (C=O) groups is 2. The van der Waals surface area contributed by atoms with Crippen LogP contribution in [-0.2, 0) is 9.53 Å². The average Bonchev–Trinajstić information content (AvgIpc) is 2.64. The van der Waals surface area contributed by atoms with Crippen molar-refractivity contribution in [3.05, 3.63) is 71.9 Å². The molecule has 6 nitrogen and oxygen atoms in total. The largest absolute Gasteiger partial charge is 0.462 e. The SMILES string of the molecule is CCOC(=O)c1ccc(NC(=O)/C(C#N)=C\Nc2ccccc2)cc1. The van der Waals surface area contributed by atoms with E-state index in [9.17, 15) is 9.59 Å². The molecule has 0 atom stereocenters. The fourth-order valence-electron chi connectivity index (χ4n) is 1.94. The number of ether oxygens (including phenoxy) is 1. The Morgan fingerprint density at radius 1 is 1.08 bits per heavy atom. The van der Waals surface area contributed by atoms with Crippen molar-refractivity contribution in [1.82, 2.24) is 0 Å². The van der Waals surface area contributed by atoms with Crippen LogP contribution in [-0.4, -0.2) is 18.5 Å². The van der Waals surface area contributed by atoms with Gasteiger partial charge in [0.1, 0.15) is 11.6 Å². The minimum atomic E-state index is -0.546. The summed E-state index contributed by atoms with van der Waals surface area (Å²) in [6.07, 6.45) is 1.34. The fourth-order valence-corrected chi connectivity index (χ4v) is 1.94. The summed E-state index contributed by atoms with van der Waals surface area (Å²) in [6.45, 7) is 2.02. The third-order valence-corrected chi connectivity index (χ3v) is 3.18. The Morgan fingerprint density at radius 3 is 2.36 bits per heavy atom. The van der Waals surface area contributed by atoms with Crippen LogP contribution < -0.4 is 10.6 Å². The predicted octanol–water partition coefficient (Wildman–Crippen LogP) is 3.32. The molecular formula is C19H17N3O3. The van der Waals surface area contributed by atoms with Gasteiger partial charge >= 0.3 is 5.97 Å². The maximum Gasteiger partial charge on any atom is 0.338 e. The van der Waals surface area contributed by atoms with E-state index in [4.69, 9.17) is 10.00 Å². The molecule has 0 unspecified atom stereocenters. The molecule has 2 aromatic carbocycles. The van der Waals surface area contributed by atoms with Gasteiger partial charge in [-0.3, -0.25) is 4.79 Å². The van der Waals surface area contributed by atoms with Crippen molar-refractivity contribution in [1.29, 1.82) is 5.26 Å². The molecular weight excluding hydrogens is 318 g/mol. The summed E-state index contributed by atoms with van der Waals surface area (Å²) in [7, 11) is 0. The number of esters is 1. The third-order valence-electron chi connectivity index (χ3n) is 3.18. The summed E-state index contributed by atoms with van der Waals surface area (Å²) in [4.78, 5) is 23.7. The first-order chi connectivity index (χ1) is 12.1. The van der Waals surface area contributed by atoms with E-state index in [1.54, 1.807) is 31.2 Å². The molecule has 0 saturated carbocycles. The maximum absolute atomic E-state index is 12.2. The highest BCUT2D eigenvalue weighted by atomic mass is 16.5. The zero-order chi connectivity index (χ0) is 18.1. The molecule has 2 aromatic rings. The van der Waals surface area contributed by atoms with Gasteiger partial charge in [0.15, 0.2) is 0 Å². The lowest BCUT2D eigenvalue weighted by Crippen LogP contribution is -2.14. The molecule has 2 N–H and O–H groups in total. The molecule has 0 saturated heterocycles. The first kappa shape index (κ1) is 17.8. The molecule has 0 fully saturated rings. The molecule has 0 aliphatic carbocycles. The number of anilines is 2. The van der Waals surface area contributed by atoms with Crippen LogP contribution in [0.5, 0.6) is 0 Å². The summed E-state index contributed by atoms with van der Waals surface area (Å²) in [6, 6.07) is 17.3. The minimum Gasteiger partial charge on any atom is -0.462 e. The second-order valence-electron chi connectivity index (χ2n) is 4.93. The predicted molar refractivity (Wildman–Crippen MR) is 94.8 cm³/mol. The van der Waals surface area contributed by atoms with Crippen molar-refractivity contribution >= 4 is 23.3 Å². The van der Waals surface area contributed by atoms with Crippen LogP contribution in [0.1, 0.15) is 17.3 Å². The third kappa shape index (κ3) is 5.22. The Labute approximate surface area is 145 Å². The molecule has 0 radical (unpaired) electrons. The Balaban J connectivity index is 2.02. The van der Waals surface area contributed by atoms with Crippen molar-refractivity contribution in [2.75, 3.05) is 17.2 Å². The Morgan fingerprint density at radius 2 is 1.76 bits per heavy atom. The number of nitriles is 1. The van der Waals surface area contributed by atoms with E-state index in [0.717, 1.165) is 5.69 Å². The number of para-hydroxylation sites is 1. The van der Waals surface area contributed by atoms with Gasteiger partial charge < -0.3 is 15.4 Å². The van der Waals surface area contributed by atoms with Gasteiger partial charge in [0.05, 0.1) is 12.2 Å². The standard InChI is InChI=1S/C19H17N3O3/c1-2-25-19(24)14-8-10-17(11-9-14)22-18(23)15(12-20)13-21-16-6-4-3-5-7-16/h3-11,13,21H,2H2,1H3,(H,22,23)/b15-13-. The van der Waals surface area contributed by atoms with E-state index in [1.165, 1.54) is 6.20 Å². The Kier molecular flexibility index (Phi) is 6.32. The second-order valence-corrected chi connectivity index (χ2v) is 4.93. The molecule has 0 aliphatic rings. The second kappa shape index (κ2) is 8.89. The van der Waals surface area contributed by atoms with E-state index in [-0.39, 0.29) is 5.57 Å². The first-order valence-electron chi connectivity index (χ1n) is 7.64. The number of amides is 1. The smallest absolute Gasteiger partial charge is 0.338 e. The number of nitrogens with one attached hydrogen (secondary N) is 2. The lowest BCUT2D eigenvalue weighted by atomic mass is 10.2. The number of nitrogens with zero attached hydrogens (tertiary/aromatic N) is 1. The van der Waals surface area contributed by atoms with E-state index in [0.29, 0.717) is 17.9 Å². The lowest BCUT2D eigenvalue weighted by Gasteiger charge is -2.06. The van der Waals surface area contributed by atoms with E-state index >= 15 is 0 Å². The molecule has 0 spiro atoms. The highest BCUT2D eigenvalue weighted by Crippen LogP contribution is 2.12. The van der Waals surface area contributed by atoms with Crippen LogP contribution in [0.3, 0.4) is 0 Å². The van der Waals surface area contributed by atoms with E-state index in [1.807, 2.05) is 36.4 Å². The number of hydrogen-bond donors (Lipinski definition) is 2. The van der Waals surface area contributed by atoms with Gasteiger partial charge in [-0.1, -0.05) is 18.2 Å². The van der Waals surface area contributed by atoms with Crippen LogP contribution in [0, 0.1) is 11.3 Å². The first-order valence-corrected chi connectivity index (χ1v) is 7.64. The molecule has 6 heteroatoms. The Hall–Kier alpha value is -3.59. The number of rotatable bonds is 6. The molecule has 0 aliphatic heterocycles. The molecule has 126 valence electrons. The van der Waals surface area contributed by atoms with Crippen LogP contribution in [0.25, 0.3) is 0 Å². The van der Waals surface area contributed by atoms with Gasteiger partial charge in [0.25, 0.3) is 5.91 Å². The van der Waals surface area contributed by atoms with Crippen LogP contribution in [0.4, 0.5) is 11.4 Å².